The molecule has 0 aliphatic carbocycles. The SMILES string of the molecule is COc1ccc(Oc2ccc([N+](=O)[O-])cc2)c(C(CC(C)=N)CC(C)=N)c1. The molecule has 0 radical (unpaired) electrons. The Morgan fingerprint density at radius 2 is 1.59 bits per heavy atom. The summed E-state index contributed by atoms with van der Waals surface area (Å²) in [6.07, 6.45) is 1.00. The second kappa shape index (κ2) is 8.93. The Morgan fingerprint density at radius 3 is 2.07 bits per heavy atom. The second-order valence-electron chi connectivity index (χ2n) is 6.42. The van der Waals surface area contributed by atoms with E-state index in [1.807, 2.05) is 6.07 Å². The van der Waals surface area contributed by atoms with Crippen molar-refractivity contribution in [3.8, 4) is 17.2 Å². The van der Waals surface area contributed by atoms with Crippen LogP contribution in [0.25, 0.3) is 0 Å². The van der Waals surface area contributed by atoms with Gasteiger partial charge in [-0.15, -0.1) is 0 Å². The third-order valence-electron chi connectivity index (χ3n) is 4.04. The van der Waals surface area contributed by atoms with Crippen LogP contribution >= 0.6 is 0 Å². The number of hydrogen-bond acceptors (Lipinski definition) is 6. The Hall–Kier alpha value is -3.22. The smallest absolute Gasteiger partial charge is 0.269 e. The predicted molar refractivity (Wildman–Crippen MR) is 105 cm³/mol. The van der Waals surface area contributed by atoms with Gasteiger partial charge in [0.1, 0.15) is 17.2 Å². The molecular formula is C20H23N3O4. The minimum atomic E-state index is -0.460. The van der Waals surface area contributed by atoms with Gasteiger partial charge < -0.3 is 20.3 Å². The predicted octanol–water partition coefficient (Wildman–Crippen LogP) is 5.34. The van der Waals surface area contributed by atoms with E-state index in [-0.39, 0.29) is 11.6 Å². The van der Waals surface area contributed by atoms with Gasteiger partial charge in [-0.05, 0) is 62.9 Å². The van der Waals surface area contributed by atoms with Crippen molar-refractivity contribution in [1.82, 2.24) is 0 Å². The lowest BCUT2D eigenvalue weighted by atomic mass is 9.88. The highest BCUT2D eigenvalue weighted by Gasteiger charge is 2.20. The number of ether oxygens (including phenoxy) is 2. The van der Waals surface area contributed by atoms with Crippen LogP contribution in [0.15, 0.2) is 42.5 Å². The summed E-state index contributed by atoms with van der Waals surface area (Å²) in [5.41, 5.74) is 1.87. The van der Waals surface area contributed by atoms with Crippen LogP contribution in [0, 0.1) is 20.9 Å². The highest BCUT2D eigenvalue weighted by atomic mass is 16.6. The first-order valence-electron chi connectivity index (χ1n) is 8.48. The molecular weight excluding hydrogens is 346 g/mol. The van der Waals surface area contributed by atoms with Crippen LogP contribution in [0.1, 0.15) is 38.2 Å². The van der Waals surface area contributed by atoms with Crippen LogP contribution in [0.4, 0.5) is 5.69 Å². The van der Waals surface area contributed by atoms with Crippen molar-refractivity contribution in [2.45, 2.75) is 32.6 Å². The zero-order valence-corrected chi connectivity index (χ0v) is 15.6. The zero-order chi connectivity index (χ0) is 20.0. The lowest BCUT2D eigenvalue weighted by Gasteiger charge is -2.21. The maximum atomic E-state index is 10.8. The number of nitro benzene ring substituents is 1. The van der Waals surface area contributed by atoms with Gasteiger partial charge in [-0.1, -0.05) is 0 Å². The molecule has 0 atom stereocenters. The van der Waals surface area contributed by atoms with Crippen LogP contribution < -0.4 is 9.47 Å². The second-order valence-corrected chi connectivity index (χ2v) is 6.42. The molecule has 0 aliphatic heterocycles. The molecule has 2 N–H and O–H groups in total. The molecule has 27 heavy (non-hydrogen) atoms. The third kappa shape index (κ3) is 5.64. The molecule has 0 saturated carbocycles. The summed E-state index contributed by atoms with van der Waals surface area (Å²) in [6.45, 7) is 3.48. The fourth-order valence-corrected chi connectivity index (χ4v) is 2.86. The molecule has 2 rings (SSSR count). The Morgan fingerprint density at radius 1 is 1.04 bits per heavy atom. The largest absolute Gasteiger partial charge is 0.497 e. The maximum Gasteiger partial charge on any atom is 0.269 e. The summed E-state index contributed by atoms with van der Waals surface area (Å²) in [5, 5.41) is 26.5. The summed E-state index contributed by atoms with van der Waals surface area (Å²) >= 11 is 0. The van der Waals surface area contributed by atoms with Crippen molar-refractivity contribution >= 4 is 17.1 Å². The molecule has 0 aromatic heterocycles. The van der Waals surface area contributed by atoms with Gasteiger partial charge in [0.15, 0.2) is 0 Å². The molecule has 2 aromatic carbocycles. The van der Waals surface area contributed by atoms with Gasteiger partial charge in [0.2, 0.25) is 0 Å². The highest BCUT2D eigenvalue weighted by molar-refractivity contribution is 5.83. The van der Waals surface area contributed by atoms with Crippen molar-refractivity contribution < 1.29 is 14.4 Å². The number of non-ortho nitro benzene ring substituents is 1. The van der Waals surface area contributed by atoms with E-state index < -0.39 is 4.92 Å². The molecule has 0 heterocycles. The van der Waals surface area contributed by atoms with Crippen LogP contribution in [0.5, 0.6) is 17.2 Å². The molecule has 0 amide bonds. The standard InChI is InChI=1S/C20H23N3O4/c1-13(21)10-15(11-14(2)22)19-12-18(26-3)8-9-20(19)27-17-6-4-16(5-7-17)23(24)25/h4-9,12,15,21-22H,10-11H2,1-3H3. The molecule has 0 spiro atoms. The molecule has 0 bridgehead atoms. The average molecular weight is 369 g/mol. The van der Waals surface area contributed by atoms with Crippen molar-refractivity contribution in [2.75, 3.05) is 7.11 Å². The number of hydrogen-bond donors (Lipinski definition) is 2. The normalized spacial score (nSPS) is 11.5. The van der Waals surface area contributed by atoms with Gasteiger partial charge in [0.25, 0.3) is 5.69 Å². The van der Waals surface area contributed by atoms with Gasteiger partial charge in [-0.25, -0.2) is 0 Å². The van der Waals surface area contributed by atoms with Gasteiger partial charge in [0.05, 0.1) is 12.0 Å². The summed E-state index contributed by atoms with van der Waals surface area (Å²) in [6, 6.07) is 11.3. The average Bonchev–Trinajstić information content (AvgIpc) is 2.61. The topological polar surface area (TPSA) is 109 Å². The van der Waals surface area contributed by atoms with Crippen LogP contribution in [-0.2, 0) is 0 Å². The van der Waals surface area contributed by atoms with Gasteiger partial charge in [-0.3, -0.25) is 10.1 Å². The Bertz CT molecular complexity index is 831. The van der Waals surface area contributed by atoms with Crippen molar-refractivity contribution in [1.29, 1.82) is 10.8 Å². The van der Waals surface area contributed by atoms with E-state index in [9.17, 15) is 10.1 Å². The molecule has 7 nitrogen and oxygen atoms in total. The fourth-order valence-electron chi connectivity index (χ4n) is 2.86. The first kappa shape index (κ1) is 20.1. The van der Waals surface area contributed by atoms with Crippen LogP contribution in [0.3, 0.4) is 0 Å². The number of nitro groups is 1. The molecule has 0 saturated heterocycles. The van der Waals surface area contributed by atoms with E-state index in [2.05, 4.69) is 0 Å². The number of benzene rings is 2. The molecule has 2 aromatic rings. The highest BCUT2D eigenvalue weighted by Crippen LogP contribution is 2.37. The summed E-state index contributed by atoms with van der Waals surface area (Å²) in [4.78, 5) is 10.3. The lowest BCUT2D eigenvalue weighted by Crippen LogP contribution is -2.09. The Labute approximate surface area is 158 Å². The Kier molecular flexibility index (Phi) is 6.65. The lowest BCUT2D eigenvalue weighted by molar-refractivity contribution is -0.384. The monoisotopic (exact) mass is 369 g/mol. The van der Waals surface area contributed by atoms with E-state index in [0.29, 0.717) is 41.5 Å². The molecule has 7 heteroatoms. The van der Waals surface area contributed by atoms with Crippen LogP contribution in [-0.4, -0.2) is 23.5 Å². The number of nitrogens with zero attached hydrogens (tertiary/aromatic N) is 1. The quantitative estimate of drug-likeness (QED) is 0.353. The first-order chi connectivity index (χ1) is 12.8. The summed E-state index contributed by atoms with van der Waals surface area (Å²) in [5.74, 6) is 1.63. The van der Waals surface area contributed by atoms with Crippen molar-refractivity contribution in [3.05, 3.63) is 58.1 Å². The van der Waals surface area contributed by atoms with Crippen molar-refractivity contribution in [2.24, 2.45) is 0 Å². The Balaban J connectivity index is 2.40. The first-order valence-corrected chi connectivity index (χ1v) is 8.48. The summed E-state index contributed by atoms with van der Waals surface area (Å²) in [7, 11) is 1.58. The molecule has 142 valence electrons. The fraction of sp³-hybridized carbons (Fsp3) is 0.300. The summed E-state index contributed by atoms with van der Waals surface area (Å²) < 4.78 is 11.3. The molecule has 0 aliphatic rings. The van der Waals surface area contributed by atoms with Gasteiger partial charge >= 0.3 is 0 Å². The van der Waals surface area contributed by atoms with E-state index >= 15 is 0 Å². The number of nitrogens with one attached hydrogen (secondary N) is 2. The number of methoxy groups -OCH3 is 1. The zero-order valence-electron chi connectivity index (χ0n) is 15.6. The third-order valence-corrected chi connectivity index (χ3v) is 4.04. The number of rotatable bonds is 9. The molecule has 0 unspecified atom stereocenters. The van der Waals surface area contributed by atoms with Crippen LogP contribution in [0.2, 0.25) is 0 Å². The van der Waals surface area contributed by atoms with E-state index in [1.54, 1.807) is 45.2 Å². The van der Waals surface area contributed by atoms with Gasteiger partial charge in [0, 0.05) is 29.1 Å². The van der Waals surface area contributed by atoms with Gasteiger partial charge in [-0.2, -0.15) is 0 Å². The van der Waals surface area contributed by atoms with E-state index in [1.165, 1.54) is 12.1 Å². The maximum absolute atomic E-state index is 10.8. The van der Waals surface area contributed by atoms with E-state index in [4.69, 9.17) is 20.3 Å². The minimum absolute atomic E-state index is 0.00552. The van der Waals surface area contributed by atoms with Crippen molar-refractivity contribution in [3.63, 3.8) is 0 Å². The minimum Gasteiger partial charge on any atom is -0.497 e. The molecule has 0 fully saturated rings. The van der Waals surface area contributed by atoms with E-state index in [0.717, 1.165) is 5.56 Å².